The maximum Gasteiger partial charge on any atom is 0.258 e. The molecular weight excluding hydrogens is 286 g/mol. The average Bonchev–Trinajstić information content (AvgIpc) is 2.39. The zero-order valence-corrected chi connectivity index (χ0v) is 11.3. The molecule has 20 heavy (non-hydrogen) atoms. The minimum atomic E-state index is -0.793. The number of benzene rings is 2. The molecule has 0 bridgehead atoms. The van der Waals surface area contributed by atoms with Crippen LogP contribution in [0.5, 0.6) is 0 Å². The van der Waals surface area contributed by atoms with E-state index < -0.39 is 17.5 Å². The summed E-state index contributed by atoms with van der Waals surface area (Å²) in [6.45, 7) is 1.49. The minimum absolute atomic E-state index is 0.123. The standard InChI is InChI=1S/C14H11ClF2N2O/c1-7-5-8(18)6-9(12(7)16)14(20)19-11-4-2-3-10(15)13(11)17/h2-6H,18H2,1H3,(H,19,20). The van der Waals surface area contributed by atoms with Gasteiger partial charge in [0.15, 0.2) is 5.82 Å². The number of rotatable bonds is 2. The number of nitrogens with one attached hydrogen (secondary N) is 1. The molecular formula is C14H11ClF2N2O. The smallest absolute Gasteiger partial charge is 0.258 e. The summed E-state index contributed by atoms with van der Waals surface area (Å²) in [6.07, 6.45) is 0. The highest BCUT2D eigenvalue weighted by Gasteiger charge is 2.17. The fourth-order valence-electron chi connectivity index (χ4n) is 1.75. The fourth-order valence-corrected chi connectivity index (χ4v) is 1.93. The molecule has 0 aromatic heterocycles. The van der Waals surface area contributed by atoms with Crippen LogP contribution in [0.4, 0.5) is 20.2 Å². The molecule has 6 heteroatoms. The number of carbonyl (C=O) groups excluding carboxylic acids is 1. The van der Waals surface area contributed by atoms with E-state index >= 15 is 0 Å². The number of hydrogen-bond acceptors (Lipinski definition) is 2. The monoisotopic (exact) mass is 296 g/mol. The molecule has 2 aromatic carbocycles. The van der Waals surface area contributed by atoms with Crippen LogP contribution in [0.2, 0.25) is 5.02 Å². The SMILES string of the molecule is Cc1cc(N)cc(C(=O)Nc2cccc(Cl)c2F)c1F. The van der Waals surface area contributed by atoms with Crippen molar-refractivity contribution in [2.24, 2.45) is 0 Å². The summed E-state index contributed by atoms with van der Waals surface area (Å²) < 4.78 is 27.6. The van der Waals surface area contributed by atoms with Gasteiger partial charge < -0.3 is 11.1 Å². The van der Waals surface area contributed by atoms with Crippen molar-refractivity contribution < 1.29 is 13.6 Å². The van der Waals surface area contributed by atoms with Gasteiger partial charge in [-0.3, -0.25) is 4.79 Å². The van der Waals surface area contributed by atoms with Gasteiger partial charge in [0.2, 0.25) is 0 Å². The average molecular weight is 297 g/mol. The van der Waals surface area contributed by atoms with E-state index in [1.54, 1.807) is 0 Å². The van der Waals surface area contributed by atoms with Gasteiger partial charge in [-0.15, -0.1) is 0 Å². The second-order valence-corrected chi connectivity index (χ2v) is 4.66. The van der Waals surface area contributed by atoms with E-state index in [-0.39, 0.29) is 27.5 Å². The lowest BCUT2D eigenvalue weighted by molar-refractivity contribution is 0.102. The molecule has 0 saturated heterocycles. The van der Waals surface area contributed by atoms with Gasteiger partial charge in [0, 0.05) is 5.69 Å². The van der Waals surface area contributed by atoms with Gasteiger partial charge >= 0.3 is 0 Å². The summed E-state index contributed by atoms with van der Waals surface area (Å²) in [5.41, 5.74) is 5.69. The molecule has 0 saturated carbocycles. The molecule has 1 amide bonds. The van der Waals surface area contributed by atoms with Gasteiger partial charge in [0.25, 0.3) is 5.91 Å². The van der Waals surface area contributed by atoms with Crippen LogP contribution in [0.3, 0.4) is 0 Å². The Hall–Kier alpha value is -2.14. The van der Waals surface area contributed by atoms with Gasteiger partial charge in [0.1, 0.15) is 5.82 Å². The number of anilines is 2. The molecule has 3 nitrogen and oxygen atoms in total. The molecule has 3 N–H and O–H groups in total. The Bertz CT molecular complexity index is 689. The van der Waals surface area contributed by atoms with E-state index in [1.807, 2.05) is 0 Å². The largest absolute Gasteiger partial charge is 0.399 e. The van der Waals surface area contributed by atoms with Crippen LogP contribution >= 0.6 is 11.6 Å². The van der Waals surface area contributed by atoms with Crippen LogP contribution in [0.15, 0.2) is 30.3 Å². The summed E-state index contributed by atoms with van der Waals surface area (Å²) in [7, 11) is 0. The minimum Gasteiger partial charge on any atom is -0.399 e. The quantitative estimate of drug-likeness (QED) is 0.829. The van der Waals surface area contributed by atoms with Crippen LogP contribution in [0.25, 0.3) is 0 Å². The highest BCUT2D eigenvalue weighted by molar-refractivity contribution is 6.31. The van der Waals surface area contributed by atoms with Crippen LogP contribution in [-0.2, 0) is 0 Å². The molecule has 0 atom stereocenters. The molecule has 2 rings (SSSR count). The van der Waals surface area contributed by atoms with Crippen molar-refractivity contribution in [1.82, 2.24) is 0 Å². The maximum atomic E-state index is 13.9. The molecule has 0 aliphatic heterocycles. The number of nitrogens with two attached hydrogens (primary N) is 1. The van der Waals surface area contributed by atoms with Gasteiger partial charge in [-0.1, -0.05) is 17.7 Å². The van der Waals surface area contributed by atoms with E-state index in [2.05, 4.69) is 5.32 Å². The number of aryl methyl sites for hydroxylation is 1. The Labute approximate surface area is 119 Å². The number of amides is 1. The Balaban J connectivity index is 2.36. The van der Waals surface area contributed by atoms with Crippen molar-refractivity contribution >= 4 is 28.9 Å². The zero-order valence-electron chi connectivity index (χ0n) is 10.5. The molecule has 0 aliphatic carbocycles. The Morgan fingerprint density at radius 3 is 2.65 bits per heavy atom. The summed E-state index contributed by atoms with van der Waals surface area (Å²) in [6, 6.07) is 6.75. The maximum absolute atomic E-state index is 13.9. The zero-order chi connectivity index (χ0) is 14.9. The highest BCUT2D eigenvalue weighted by atomic mass is 35.5. The van der Waals surface area contributed by atoms with E-state index in [0.29, 0.717) is 0 Å². The molecule has 0 heterocycles. The van der Waals surface area contributed by atoms with E-state index in [4.69, 9.17) is 17.3 Å². The summed E-state index contributed by atoms with van der Waals surface area (Å²) in [5.74, 6) is -2.26. The Morgan fingerprint density at radius 1 is 1.25 bits per heavy atom. The first-order valence-corrected chi connectivity index (χ1v) is 6.09. The van der Waals surface area contributed by atoms with Crippen molar-refractivity contribution in [3.8, 4) is 0 Å². The van der Waals surface area contributed by atoms with Gasteiger partial charge in [-0.2, -0.15) is 0 Å². The third-order valence-electron chi connectivity index (χ3n) is 2.72. The topological polar surface area (TPSA) is 55.1 Å². The van der Waals surface area contributed by atoms with Crippen LogP contribution in [0.1, 0.15) is 15.9 Å². The molecule has 0 fully saturated rings. The lowest BCUT2D eigenvalue weighted by atomic mass is 10.1. The first-order valence-electron chi connectivity index (χ1n) is 5.71. The van der Waals surface area contributed by atoms with Crippen molar-refractivity contribution in [2.75, 3.05) is 11.1 Å². The van der Waals surface area contributed by atoms with Crippen LogP contribution < -0.4 is 11.1 Å². The third-order valence-corrected chi connectivity index (χ3v) is 3.01. The Morgan fingerprint density at radius 2 is 1.95 bits per heavy atom. The normalized spacial score (nSPS) is 10.4. The summed E-state index contributed by atoms with van der Waals surface area (Å²) >= 11 is 5.60. The number of halogens is 3. The predicted octanol–water partition coefficient (Wildman–Crippen LogP) is 3.76. The fraction of sp³-hybridized carbons (Fsp3) is 0.0714. The molecule has 104 valence electrons. The second kappa shape index (κ2) is 5.46. The molecule has 2 aromatic rings. The molecule has 0 radical (unpaired) electrons. The van der Waals surface area contributed by atoms with Crippen molar-refractivity contribution in [2.45, 2.75) is 6.92 Å². The molecule has 0 unspecified atom stereocenters. The van der Waals surface area contributed by atoms with Gasteiger partial charge in [0.05, 0.1) is 16.3 Å². The van der Waals surface area contributed by atoms with E-state index in [1.165, 1.54) is 37.3 Å². The second-order valence-electron chi connectivity index (χ2n) is 4.25. The third kappa shape index (κ3) is 2.72. The van der Waals surface area contributed by atoms with E-state index in [0.717, 1.165) is 0 Å². The van der Waals surface area contributed by atoms with Crippen molar-refractivity contribution in [1.29, 1.82) is 0 Å². The van der Waals surface area contributed by atoms with Gasteiger partial charge in [-0.25, -0.2) is 8.78 Å². The molecule has 0 spiro atoms. The predicted molar refractivity (Wildman–Crippen MR) is 74.9 cm³/mol. The van der Waals surface area contributed by atoms with E-state index in [9.17, 15) is 13.6 Å². The summed E-state index contributed by atoms with van der Waals surface area (Å²) in [5, 5.41) is 2.14. The lowest BCUT2D eigenvalue weighted by Gasteiger charge is -2.10. The molecule has 0 aliphatic rings. The van der Waals surface area contributed by atoms with Gasteiger partial charge in [-0.05, 0) is 36.8 Å². The van der Waals surface area contributed by atoms with Crippen molar-refractivity contribution in [3.05, 3.63) is 58.1 Å². The highest BCUT2D eigenvalue weighted by Crippen LogP contribution is 2.24. The first-order chi connectivity index (χ1) is 9.40. The summed E-state index contributed by atoms with van der Waals surface area (Å²) in [4.78, 5) is 12.0. The van der Waals surface area contributed by atoms with Crippen LogP contribution in [-0.4, -0.2) is 5.91 Å². The van der Waals surface area contributed by atoms with Crippen molar-refractivity contribution in [3.63, 3.8) is 0 Å². The number of hydrogen-bond donors (Lipinski definition) is 2. The number of nitrogen functional groups attached to an aromatic ring is 1. The first kappa shape index (κ1) is 14.3. The lowest BCUT2D eigenvalue weighted by Crippen LogP contribution is -2.16. The Kier molecular flexibility index (Phi) is 3.90. The number of carbonyl (C=O) groups is 1. The van der Waals surface area contributed by atoms with Crippen LogP contribution in [0, 0.1) is 18.6 Å².